The summed E-state index contributed by atoms with van der Waals surface area (Å²) in [7, 11) is 0. The van der Waals surface area contributed by atoms with Gasteiger partial charge < -0.3 is 5.32 Å². The number of hydrogen-bond donors (Lipinski definition) is 1. The molecule has 0 aliphatic rings. The minimum atomic E-state index is 0.0321. The van der Waals surface area contributed by atoms with Crippen LogP contribution in [0.5, 0.6) is 0 Å². The maximum absolute atomic E-state index is 11.6. The van der Waals surface area contributed by atoms with Crippen molar-refractivity contribution in [2.75, 3.05) is 0 Å². The van der Waals surface area contributed by atoms with E-state index in [1.54, 1.807) is 11.3 Å². The van der Waals surface area contributed by atoms with Gasteiger partial charge in [-0.25, -0.2) is 0 Å². The Morgan fingerprint density at radius 3 is 2.87 bits per heavy atom. The van der Waals surface area contributed by atoms with Gasteiger partial charge in [0.2, 0.25) is 5.91 Å². The van der Waals surface area contributed by atoms with E-state index in [2.05, 4.69) is 18.3 Å². The Hall–Kier alpha value is -1.09. The van der Waals surface area contributed by atoms with Crippen molar-refractivity contribution in [1.82, 2.24) is 5.32 Å². The smallest absolute Gasteiger partial charge is 0.246 e. The lowest BCUT2D eigenvalue weighted by atomic mass is 10.2. The Morgan fingerprint density at radius 1 is 1.60 bits per heavy atom. The number of thiophene rings is 1. The lowest BCUT2D eigenvalue weighted by Gasteiger charge is -2.04. The van der Waals surface area contributed by atoms with Crippen LogP contribution in [0.1, 0.15) is 30.7 Å². The molecule has 0 aliphatic carbocycles. The molecular formula is C12H17NOS. The Balaban J connectivity index is 2.48. The number of hydrogen-bond acceptors (Lipinski definition) is 2. The molecule has 1 aromatic heterocycles. The molecule has 0 aromatic carbocycles. The number of rotatable bonds is 4. The van der Waals surface area contributed by atoms with Crippen LogP contribution in [0.4, 0.5) is 0 Å². The molecule has 0 radical (unpaired) electrons. The third kappa shape index (κ3) is 3.51. The predicted octanol–water partition coefficient (Wildman–Crippen LogP) is 3.03. The number of carbonyl (C=O) groups excluding carboxylic acids is 1. The van der Waals surface area contributed by atoms with Crippen LogP contribution in [0.3, 0.4) is 0 Å². The van der Waals surface area contributed by atoms with E-state index in [0.29, 0.717) is 6.54 Å². The molecule has 1 rings (SSSR count). The van der Waals surface area contributed by atoms with Crippen molar-refractivity contribution >= 4 is 17.2 Å². The van der Waals surface area contributed by atoms with Crippen LogP contribution in [-0.2, 0) is 11.3 Å². The first-order valence-corrected chi connectivity index (χ1v) is 6.01. The molecule has 1 amide bonds. The number of carbonyl (C=O) groups is 1. The Kier molecular flexibility index (Phi) is 4.56. The van der Waals surface area contributed by atoms with Crippen molar-refractivity contribution in [1.29, 1.82) is 0 Å². The van der Waals surface area contributed by atoms with Gasteiger partial charge >= 0.3 is 0 Å². The first-order chi connectivity index (χ1) is 7.15. The predicted molar refractivity (Wildman–Crippen MR) is 65.0 cm³/mol. The molecule has 0 fully saturated rings. The zero-order chi connectivity index (χ0) is 11.3. The second-order valence-electron chi connectivity index (χ2n) is 3.50. The highest BCUT2D eigenvalue weighted by Gasteiger charge is 2.04. The van der Waals surface area contributed by atoms with Gasteiger partial charge in [-0.1, -0.05) is 13.0 Å². The van der Waals surface area contributed by atoms with Crippen LogP contribution < -0.4 is 5.32 Å². The molecule has 0 aliphatic heterocycles. The highest BCUT2D eigenvalue weighted by molar-refractivity contribution is 7.10. The SMILES string of the molecule is CC/C=C(/C)C(=O)NCc1sccc1C. The lowest BCUT2D eigenvalue weighted by Crippen LogP contribution is -2.23. The summed E-state index contributed by atoms with van der Waals surface area (Å²) >= 11 is 1.68. The number of aryl methyl sites for hydroxylation is 1. The number of allylic oxidation sites excluding steroid dienone is 1. The van der Waals surface area contributed by atoms with Gasteiger partial charge in [-0.15, -0.1) is 11.3 Å². The first kappa shape index (κ1) is 12.0. The van der Waals surface area contributed by atoms with E-state index in [0.717, 1.165) is 12.0 Å². The van der Waals surface area contributed by atoms with E-state index in [4.69, 9.17) is 0 Å². The van der Waals surface area contributed by atoms with Gasteiger partial charge in [-0.3, -0.25) is 4.79 Å². The van der Waals surface area contributed by atoms with Crippen molar-refractivity contribution < 1.29 is 4.79 Å². The number of amides is 1. The van der Waals surface area contributed by atoms with Crippen LogP contribution in [0.2, 0.25) is 0 Å². The van der Waals surface area contributed by atoms with E-state index >= 15 is 0 Å². The number of nitrogens with one attached hydrogen (secondary N) is 1. The molecule has 0 saturated heterocycles. The van der Waals surface area contributed by atoms with Gasteiger partial charge in [-0.05, 0) is 37.3 Å². The van der Waals surface area contributed by atoms with Gasteiger partial charge in [0.05, 0.1) is 6.54 Å². The standard InChI is InChI=1S/C12H17NOS/c1-4-5-10(3)12(14)13-8-11-9(2)6-7-15-11/h5-7H,4,8H2,1-3H3,(H,13,14)/b10-5-. The molecule has 2 nitrogen and oxygen atoms in total. The quantitative estimate of drug-likeness (QED) is 0.781. The van der Waals surface area contributed by atoms with Gasteiger partial charge in [0.15, 0.2) is 0 Å². The van der Waals surface area contributed by atoms with Crippen molar-refractivity contribution in [3.05, 3.63) is 33.5 Å². The molecule has 0 unspecified atom stereocenters. The highest BCUT2D eigenvalue weighted by atomic mass is 32.1. The molecule has 3 heteroatoms. The zero-order valence-electron chi connectivity index (χ0n) is 9.46. The first-order valence-electron chi connectivity index (χ1n) is 5.13. The molecule has 1 N–H and O–H groups in total. The summed E-state index contributed by atoms with van der Waals surface area (Å²) in [6, 6.07) is 2.07. The van der Waals surface area contributed by atoms with Crippen molar-refractivity contribution in [2.24, 2.45) is 0 Å². The third-order valence-corrected chi connectivity index (χ3v) is 3.27. The van der Waals surface area contributed by atoms with E-state index in [9.17, 15) is 4.79 Å². The largest absolute Gasteiger partial charge is 0.347 e. The van der Waals surface area contributed by atoms with Crippen molar-refractivity contribution in [3.8, 4) is 0 Å². The molecule has 0 spiro atoms. The molecule has 1 heterocycles. The lowest BCUT2D eigenvalue weighted by molar-refractivity contribution is -0.117. The minimum absolute atomic E-state index is 0.0321. The molecular weight excluding hydrogens is 206 g/mol. The maximum atomic E-state index is 11.6. The van der Waals surface area contributed by atoms with Crippen LogP contribution >= 0.6 is 11.3 Å². The summed E-state index contributed by atoms with van der Waals surface area (Å²) in [5, 5.41) is 4.96. The molecule has 82 valence electrons. The van der Waals surface area contributed by atoms with Gasteiger partial charge in [0, 0.05) is 10.5 Å². The minimum Gasteiger partial charge on any atom is -0.347 e. The molecule has 0 saturated carbocycles. The van der Waals surface area contributed by atoms with E-state index < -0.39 is 0 Å². The molecule has 1 aromatic rings. The fraction of sp³-hybridized carbons (Fsp3) is 0.417. The zero-order valence-corrected chi connectivity index (χ0v) is 10.3. The van der Waals surface area contributed by atoms with Crippen molar-refractivity contribution in [3.63, 3.8) is 0 Å². The fourth-order valence-electron chi connectivity index (χ4n) is 1.28. The molecule has 0 bridgehead atoms. The van der Waals surface area contributed by atoms with Gasteiger partial charge in [-0.2, -0.15) is 0 Å². The Bertz CT molecular complexity index is 365. The van der Waals surface area contributed by atoms with E-state index in [1.807, 2.05) is 25.3 Å². The third-order valence-electron chi connectivity index (χ3n) is 2.25. The Labute approximate surface area is 95.0 Å². The van der Waals surface area contributed by atoms with Crippen molar-refractivity contribution in [2.45, 2.75) is 33.7 Å². The summed E-state index contributed by atoms with van der Waals surface area (Å²) in [6.45, 7) is 6.57. The summed E-state index contributed by atoms with van der Waals surface area (Å²) < 4.78 is 0. The fourth-order valence-corrected chi connectivity index (χ4v) is 2.13. The van der Waals surface area contributed by atoms with E-state index in [-0.39, 0.29) is 5.91 Å². The summed E-state index contributed by atoms with van der Waals surface area (Å²) in [4.78, 5) is 12.8. The normalized spacial score (nSPS) is 11.5. The maximum Gasteiger partial charge on any atom is 0.246 e. The van der Waals surface area contributed by atoms with Crippen LogP contribution in [0, 0.1) is 6.92 Å². The second kappa shape index (κ2) is 5.71. The van der Waals surface area contributed by atoms with Crippen LogP contribution in [0.25, 0.3) is 0 Å². The monoisotopic (exact) mass is 223 g/mol. The topological polar surface area (TPSA) is 29.1 Å². The van der Waals surface area contributed by atoms with Gasteiger partial charge in [0.25, 0.3) is 0 Å². The second-order valence-corrected chi connectivity index (χ2v) is 4.51. The molecule has 0 atom stereocenters. The van der Waals surface area contributed by atoms with Crippen LogP contribution in [-0.4, -0.2) is 5.91 Å². The summed E-state index contributed by atoms with van der Waals surface area (Å²) in [5.41, 5.74) is 2.05. The molecule has 15 heavy (non-hydrogen) atoms. The Morgan fingerprint density at radius 2 is 2.33 bits per heavy atom. The summed E-state index contributed by atoms with van der Waals surface area (Å²) in [6.07, 6.45) is 2.84. The van der Waals surface area contributed by atoms with Gasteiger partial charge in [0.1, 0.15) is 0 Å². The summed E-state index contributed by atoms with van der Waals surface area (Å²) in [5.74, 6) is 0.0321. The van der Waals surface area contributed by atoms with Crippen LogP contribution in [0.15, 0.2) is 23.1 Å². The highest BCUT2D eigenvalue weighted by Crippen LogP contribution is 2.14. The average molecular weight is 223 g/mol. The average Bonchev–Trinajstić information content (AvgIpc) is 2.61. The van der Waals surface area contributed by atoms with E-state index in [1.165, 1.54) is 10.4 Å².